The maximum absolute atomic E-state index is 12.3. The molecule has 1 atom stereocenters. The van der Waals surface area contributed by atoms with Crippen LogP contribution in [0.2, 0.25) is 0 Å². The van der Waals surface area contributed by atoms with Gasteiger partial charge in [0.15, 0.2) is 0 Å². The first-order chi connectivity index (χ1) is 9.30. The number of hydrogen-bond acceptors (Lipinski definition) is 1. The van der Waals surface area contributed by atoms with Gasteiger partial charge in [-0.25, -0.2) is 0 Å². The highest BCUT2D eigenvalue weighted by atomic mass is 16.4. The number of rotatable bonds is 3. The monoisotopic (exact) mass is 274 g/mol. The fourth-order valence-electron chi connectivity index (χ4n) is 4.08. The normalized spacial score (nSPS) is 19.8. The fraction of sp³-hybridized carbons (Fsp3) is 0.611. The van der Waals surface area contributed by atoms with E-state index < -0.39 is 11.4 Å². The van der Waals surface area contributed by atoms with Gasteiger partial charge in [0.25, 0.3) is 0 Å². The lowest BCUT2D eigenvalue weighted by Gasteiger charge is -2.46. The van der Waals surface area contributed by atoms with Gasteiger partial charge < -0.3 is 5.11 Å². The van der Waals surface area contributed by atoms with Crippen molar-refractivity contribution < 1.29 is 9.90 Å². The molecule has 1 N–H and O–H groups in total. The molecule has 0 saturated heterocycles. The summed E-state index contributed by atoms with van der Waals surface area (Å²) in [5.74, 6) is -0.427. The Kier molecular flexibility index (Phi) is 3.95. The van der Waals surface area contributed by atoms with Gasteiger partial charge in [-0.15, -0.1) is 0 Å². The Labute approximate surface area is 122 Å². The first-order valence-corrected chi connectivity index (χ1v) is 7.60. The van der Waals surface area contributed by atoms with E-state index in [-0.39, 0.29) is 11.3 Å². The van der Waals surface area contributed by atoms with Crippen LogP contribution in [0.15, 0.2) is 24.3 Å². The standard InChI is InChI=1S/C18H26O2/c1-13-9-11-15(12-10-13)18(16(19)20,17(2,3)4)14-7-5-6-8-14/h9-12,14H,5-8H2,1-4H3,(H,19,20)/t18-/m0/s1. The van der Waals surface area contributed by atoms with Crippen molar-refractivity contribution in [2.24, 2.45) is 11.3 Å². The zero-order valence-electron chi connectivity index (χ0n) is 13.1. The van der Waals surface area contributed by atoms with Crippen LogP contribution in [0.4, 0.5) is 0 Å². The Morgan fingerprint density at radius 3 is 2.00 bits per heavy atom. The molecular formula is C18H26O2. The molecule has 2 nitrogen and oxygen atoms in total. The molecule has 0 radical (unpaired) electrons. The smallest absolute Gasteiger partial charge is 0.314 e. The number of aryl methyl sites for hydroxylation is 1. The molecule has 0 heterocycles. The van der Waals surface area contributed by atoms with E-state index in [1.807, 2.05) is 31.2 Å². The van der Waals surface area contributed by atoms with E-state index in [1.54, 1.807) is 0 Å². The van der Waals surface area contributed by atoms with Crippen molar-refractivity contribution in [2.45, 2.75) is 58.8 Å². The first-order valence-electron chi connectivity index (χ1n) is 7.60. The molecule has 1 aliphatic carbocycles. The van der Waals surface area contributed by atoms with E-state index in [0.29, 0.717) is 0 Å². The number of carboxylic acid groups (broad SMARTS) is 1. The SMILES string of the molecule is Cc1ccc([C@](C(=O)O)(C2CCCC2)C(C)(C)C)cc1. The highest BCUT2D eigenvalue weighted by Crippen LogP contribution is 2.52. The minimum absolute atomic E-state index is 0.239. The number of carboxylic acids is 1. The summed E-state index contributed by atoms with van der Waals surface area (Å²) in [5, 5.41) is 10.1. The Hall–Kier alpha value is -1.31. The van der Waals surface area contributed by atoms with Crippen LogP contribution in [0.3, 0.4) is 0 Å². The molecule has 1 saturated carbocycles. The average Bonchev–Trinajstić information content (AvgIpc) is 2.84. The molecule has 1 aromatic rings. The summed E-state index contributed by atoms with van der Waals surface area (Å²) < 4.78 is 0. The molecule has 0 amide bonds. The van der Waals surface area contributed by atoms with E-state index in [0.717, 1.165) is 31.2 Å². The van der Waals surface area contributed by atoms with Crippen molar-refractivity contribution in [3.8, 4) is 0 Å². The van der Waals surface area contributed by atoms with Gasteiger partial charge in [-0.1, -0.05) is 63.4 Å². The zero-order valence-corrected chi connectivity index (χ0v) is 13.1. The van der Waals surface area contributed by atoms with Crippen LogP contribution in [0.1, 0.15) is 57.6 Å². The largest absolute Gasteiger partial charge is 0.481 e. The summed E-state index contributed by atoms with van der Waals surface area (Å²) in [5.41, 5.74) is 1.06. The topological polar surface area (TPSA) is 37.3 Å². The lowest BCUT2D eigenvalue weighted by molar-refractivity contribution is -0.152. The Morgan fingerprint density at radius 2 is 1.60 bits per heavy atom. The number of benzene rings is 1. The fourth-order valence-corrected chi connectivity index (χ4v) is 4.08. The van der Waals surface area contributed by atoms with E-state index in [4.69, 9.17) is 0 Å². The Balaban J connectivity index is 2.63. The summed E-state index contributed by atoms with van der Waals surface area (Å²) >= 11 is 0. The molecule has 0 aliphatic heterocycles. The Morgan fingerprint density at radius 1 is 1.10 bits per heavy atom. The third-order valence-corrected chi connectivity index (χ3v) is 4.99. The summed E-state index contributed by atoms with van der Waals surface area (Å²) in [6.45, 7) is 8.25. The van der Waals surface area contributed by atoms with E-state index in [9.17, 15) is 9.90 Å². The molecule has 1 aliphatic rings. The molecule has 2 rings (SSSR count). The van der Waals surface area contributed by atoms with Crippen molar-refractivity contribution in [2.75, 3.05) is 0 Å². The maximum Gasteiger partial charge on any atom is 0.314 e. The quantitative estimate of drug-likeness (QED) is 0.877. The minimum atomic E-state index is -0.781. The lowest BCUT2D eigenvalue weighted by atomic mass is 9.55. The van der Waals surface area contributed by atoms with Crippen molar-refractivity contribution in [1.82, 2.24) is 0 Å². The molecule has 0 bridgehead atoms. The van der Waals surface area contributed by atoms with Crippen LogP contribution in [-0.2, 0) is 10.2 Å². The average molecular weight is 274 g/mol. The van der Waals surface area contributed by atoms with Gasteiger partial charge in [0.2, 0.25) is 0 Å². The summed E-state index contributed by atoms with van der Waals surface area (Å²) in [6, 6.07) is 8.11. The second-order valence-electron chi connectivity index (χ2n) is 7.21. The second-order valence-corrected chi connectivity index (χ2v) is 7.21. The van der Waals surface area contributed by atoms with Crippen LogP contribution in [0, 0.1) is 18.3 Å². The van der Waals surface area contributed by atoms with Crippen LogP contribution < -0.4 is 0 Å². The minimum Gasteiger partial charge on any atom is -0.481 e. The van der Waals surface area contributed by atoms with Crippen molar-refractivity contribution in [3.63, 3.8) is 0 Å². The van der Waals surface area contributed by atoms with Gasteiger partial charge >= 0.3 is 5.97 Å². The molecule has 1 fully saturated rings. The predicted molar refractivity (Wildman–Crippen MR) is 81.9 cm³/mol. The van der Waals surface area contributed by atoms with Crippen molar-refractivity contribution in [1.29, 1.82) is 0 Å². The zero-order chi connectivity index (χ0) is 15.0. The van der Waals surface area contributed by atoms with Crippen LogP contribution in [0.5, 0.6) is 0 Å². The summed E-state index contributed by atoms with van der Waals surface area (Å²) in [7, 11) is 0. The molecule has 1 aromatic carbocycles. The molecule has 0 unspecified atom stereocenters. The predicted octanol–water partition coefficient (Wildman–Crippen LogP) is 4.55. The maximum atomic E-state index is 12.3. The number of hydrogen-bond donors (Lipinski definition) is 1. The Bertz CT molecular complexity index is 475. The van der Waals surface area contributed by atoms with E-state index >= 15 is 0 Å². The van der Waals surface area contributed by atoms with Gasteiger partial charge in [-0.2, -0.15) is 0 Å². The first kappa shape index (κ1) is 15.1. The van der Waals surface area contributed by atoms with Crippen molar-refractivity contribution >= 4 is 5.97 Å². The van der Waals surface area contributed by atoms with Gasteiger partial charge in [0.05, 0.1) is 0 Å². The molecule has 20 heavy (non-hydrogen) atoms. The van der Waals surface area contributed by atoms with Crippen LogP contribution in [-0.4, -0.2) is 11.1 Å². The summed E-state index contributed by atoms with van der Waals surface area (Å²) in [4.78, 5) is 12.3. The molecule has 110 valence electrons. The molecule has 0 aromatic heterocycles. The van der Waals surface area contributed by atoms with Gasteiger partial charge in [0.1, 0.15) is 5.41 Å². The number of carbonyl (C=O) groups is 1. The van der Waals surface area contributed by atoms with Crippen molar-refractivity contribution in [3.05, 3.63) is 35.4 Å². The molecule has 0 spiro atoms. The lowest BCUT2D eigenvalue weighted by Crippen LogP contribution is -2.52. The third kappa shape index (κ3) is 2.25. The number of aliphatic carboxylic acids is 1. The summed E-state index contributed by atoms with van der Waals surface area (Å²) in [6.07, 6.45) is 4.36. The van der Waals surface area contributed by atoms with Crippen LogP contribution >= 0.6 is 0 Å². The van der Waals surface area contributed by atoms with Gasteiger partial charge in [-0.3, -0.25) is 4.79 Å². The second kappa shape index (κ2) is 5.23. The molecular weight excluding hydrogens is 248 g/mol. The van der Waals surface area contributed by atoms with E-state index in [1.165, 1.54) is 5.56 Å². The highest BCUT2D eigenvalue weighted by Gasteiger charge is 2.55. The van der Waals surface area contributed by atoms with Gasteiger partial charge in [-0.05, 0) is 36.7 Å². The third-order valence-electron chi connectivity index (χ3n) is 4.99. The van der Waals surface area contributed by atoms with Crippen LogP contribution in [0.25, 0.3) is 0 Å². The van der Waals surface area contributed by atoms with E-state index in [2.05, 4.69) is 20.8 Å². The highest BCUT2D eigenvalue weighted by molar-refractivity contribution is 5.83. The molecule has 2 heteroatoms. The van der Waals surface area contributed by atoms with Gasteiger partial charge in [0, 0.05) is 0 Å².